The van der Waals surface area contributed by atoms with Gasteiger partial charge in [-0.2, -0.15) is 5.21 Å². The Morgan fingerprint density at radius 1 is 1.21 bits per heavy atom. The fourth-order valence-corrected chi connectivity index (χ4v) is 5.16. The molecule has 2 fully saturated rings. The molecule has 1 aromatic carbocycles. The van der Waals surface area contributed by atoms with E-state index in [9.17, 15) is 9.90 Å². The molecular formula is C30H37N5O3. The fraction of sp³-hybridized carbons (Fsp3) is 0.467. The summed E-state index contributed by atoms with van der Waals surface area (Å²) >= 11 is 0. The minimum Gasteiger partial charge on any atom is -0.388 e. The number of nitrogens with zero attached hydrogens (tertiary/aromatic N) is 3. The summed E-state index contributed by atoms with van der Waals surface area (Å²) < 4.78 is 5.56. The molecule has 2 atom stereocenters. The van der Waals surface area contributed by atoms with Crippen molar-refractivity contribution in [1.82, 2.24) is 20.6 Å². The molecule has 4 rings (SSSR count). The van der Waals surface area contributed by atoms with E-state index in [1.165, 1.54) is 12.0 Å². The van der Waals surface area contributed by atoms with E-state index < -0.39 is 6.10 Å². The standard InChI is InChI=1S/C30H37N5O3/c1-29(17-7-5-14-25(29)16-22-38-23-27(37)31-28-32-34-35-33-28)18-8-6-15-26(36)30(20-10-21-30)19-9-13-24-11-3-2-4-12-24/h2-4,6,8,11-12,15-16,18,26,36H,5,7,10,14,17,19-23H2,1H3,(H2,31,32,33,34,35,37)/b15-6+,18-8+,25-16+/t26?,29-/m0/s1. The van der Waals surface area contributed by atoms with Crippen LogP contribution in [-0.2, 0) is 9.53 Å². The highest BCUT2D eigenvalue weighted by atomic mass is 16.5. The molecule has 38 heavy (non-hydrogen) atoms. The van der Waals surface area contributed by atoms with Gasteiger partial charge in [-0.3, -0.25) is 10.1 Å². The number of aliphatic hydroxyl groups excluding tert-OH is 1. The Hall–Kier alpha value is -3.54. The number of aromatic nitrogens is 4. The van der Waals surface area contributed by atoms with Crippen molar-refractivity contribution < 1.29 is 14.6 Å². The number of anilines is 1. The predicted octanol–water partition coefficient (Wildman–Crippen LogP) is 4.75. The monoisotopic (exact) mass is 515 g/mol. The van der Waals surface area contributed by atoms with E-state index in [2.05, 4.69) is 62.9 Å². The van der Waals surface area contributed by atoms with E-state index >= 15 is 0 Å². The highest BCUT2D eigenvalue weighted by molar-refractivity contribution is 5.89. The minimum atomic E-state index is -0.507. The number of carbonyl (C=O) groups is 1. The van der Waals surface area contributed by atoms with Gasteiger partial charge in [-0.1, -0.05) is 90.9 Å². The lowest BCUT2D eigenvalue weighted by Gasteiger charge is -2.43. The number of nitrogens with one attached hydrogen (secondary N) is 2. The van der Waals surface area contributed by atoms with Crippen molar-refractivity contribution in [2.24, 2.45) is 10.8 Å². The largest absolute Gasteiger partial charge is 0.388 e. The first-order chi connectivity index (χ1) is 18.5. The third-order valence-electron chi connectivity index (χ3n) is 7.70. The van der Waals surface area contributed by atoms with Gasteiger partial charge >= 0.3 is 0 Å². The zero-order valence-electron chi connectivity index (χ0n) is 22.0. The molecule has 0 radical (unpaired) electrons. The summed E-state index contributed by atoms with van der Waals surface area (Å²) in [6.45, 7) is 2.52. The number of ether oxygens (including phenoxy) is 1. The van der Waals surface area contributed by atoms with E-state index in [0.717, 1.165) is 44.1 Å². The van der Waals surface area contributed by atoms with Crippen LogP contribution in [0.2, 0.25) is 0 Å². The topological polar surface area (TPSA) is 113 Å². The van der Waals surface area contributed by atoms with Crippen LogP contribution in [0.15, 0.2) is 66.3 Å². The zero-order chi connectivity index (χ0) is 26.7. The molecule has 2 aliphatic carbocycles. The van der Waals surface area contributed by atoms with Gasteiger partial charge in [-0.25, -0.2) is 0 Å². The Labute approximate surface area is 224 Å². The molecule has 0 bridgehead atoms. The van der Waals surface area contributed by atoms with E-state index in [4.69, 9.17) is 4.74 Å². The van der Waals surface area contributed by atoms with Crippen LogP contribution in [-0.4, -0.2) is 51.0 Å². The highest BCUT2D eigenvalue weighted by Crippen LogP contribution is 2.47. The van der Waals surface area contributed by atoms with Gasteiger partial charge in [0.15, 0.2) is 0 Å². The first-order valence-electron chi connectivity index (χ1n) is 13.4. The van der Waals surface area contributed by atoms with Crippen molar-refractivity contribution in [1.29, 1.82) is 0 Å². The van der Waals surface area contributed by atoms with Crippen LogP contribution < -0.4 is 5.32 Å². The third-order valence-corrected chi connectivity index (χ3v) is 7.70. The summed E-state index contributed by atoms with van der Waals surface area (Å²) in [4.78, 5) is 11.9. The maximum absolute atomic E-state index is 11.9. The Morgan fingerprint density at radius 2 is 2.05 bits per heavy atom. The first kappa shape index (κ1) is 27.5. The summed E-state index contributed by atoms with van der Waals surface area (Å²) in [5, 5.41) is 26.5. The molecule has 0 spiro atoms. The summed E-state index contributed by atoms with van der Waals surface area (Å²) in [7, 11) is 0. The molecule has 0 saturated heterocycles. The summed E-state index contributed by atoms with van der Waals surface area (Å²) in [6, 6.07) is 10.00. The number of allylic oxidation sites excluding steroid dienone is 4. The van der Waals surface area contributed by atoms with Crippen LogP contribution >= 0.6 is 0 Å². The molecule has 8 heteroatoms. The number of rotatable bonds is 10. The molecule has 0 aliphatic heterocycles. The molecule has 2 aliphatic rings. The highest BCUT2D eigenvalue weighted by Gasteiger charge is 2.41. The number of tetrazole rings is 1. The average molecular weight is 516 g/mol. The second kappa shape index (κ2) is 13.3. The van der Waals surface area contributed by atoms with Gasteiger partial charge in [0.2, 0.25) is 0 Å². The van der Waals surface area contributed by atoms with Crippen molar-refractivity contribution in [3.8, 4) is 11.8 Å². The van der Waals surface area contributed by atoms with Crippen LogP contribution in [0.5, 0.6) is 0 Å². The van der Waals surface area contributed by atoms with Gasteiger partial charge in [-0.05, 0) is 49.5 Å². The van der Waals surface area contributed by atoms with Crippen LogP contribution in [0, 0.1) is 22.7 Å². The molecule has 8 nitrogen and oxygen atoms in total. The van der Waals surface area contributed by atoms with Crippen molar-refractivity contribution in [3.05, 3.63) is 71.8 Å². The summed E-state index contributed by atoms with van der Waals surface area (Å²) in [5.74, 6) is 6.34. The molecule has 2 aromatic rings. The number of carbonyl (C=O) groups excluding carboxylic acids is 1. The number of benzene rings is 1. The van der Waals surface area contributed by atoms with Crippen LogP contribution in [0.4, 0.5) is 5.95 Å². The SMILES string of the molecule is C[C@@]1(/C=C/C=C/C(O)C2(CC#Cc3ccccc3)CCC2)CCCC/C1=C\COCC(=O)Nc1nn[nH]n1. The van der Waals surface area contributed by atoms with Gasteiger partial charge in [0.1, 0.15) is 6.61 Å². The molecule has 1 heterocycles. The van der Waals surface area contributed by atoms with Crippen molar-refractivity contribution in [3.63, 3.8) is 0 Å². The smallest absolute Gasteiger partial charge is 0.269 e. The average Bonchev–Trinajstić information content (AvgIpc) is 3.40. The second-order valence-corrected chi connectivity index (χ2v) is 10.4. The lowest BCUT2D eigenvalue weighted by atomic mass is 9.63. The molecule has 3 N–H and O–H groups in total. The van der Waals surface area contributed by atoms with Gasteiger partial charge in [0.05, 0.1) is 12.7 Å². The van der Waals surface area contributed by atoms with E-state index in [-0.39, 0.29) is 29.3 Å². The van der Waals surface area contributed by atoms with E-state index in [0.29, 0.717) is 13.0 Å². The number of hydrogen-bond donors (Lipinski definition) is 3. The van der Waals surface area contributed by atoms with Crippen molar-refractivity contribution in [2.75, 3.05) is 18.5 Å². The lowest BCUT2D eigenvalue weighted by Crippen LogP contribution is -2.40. The van der Waals surface area contributed by atoms with Crippen molar-refractivity contribution >= 4 is 11.9 Å². The number of aromatic amines is 1. The number of amides is 1. The maximum atomic E-state index is 11.9. The summed E-state index contributed by atoms with van der Waals surface area (Å²) in [6.07, 6.45) is 18.0. The Bertz CT molecular complexity index is 1190. The van der Waals surface area contributed by atoms with Gasteiger partial charge in [0.25, 0.3) is 11.9 Å². The maximum Gasteiger partial charge on any atom is 0.269 e. The number of H-pyrrole nitrogens is 1. The van der Waals surface area contributed by atoms with E-state index in [1.54, 1.807) is 0 Å². The Morgan fingerprint density at radius 3 is 2.79 bits per heavy atom. The zero-order valence-corrected chi connectivity index (χ0v) is 22.0. The van der Waals surface area contributed by atoms with Crippen molar-refractivity contribution in [2.45, 2.75) is 64.4 Å². The Balaban J connectivity index is 1.28. The fourth-order valence-electron chi connectivity index (χ4n) is 5.16. The number of aliphatic hydroxyl groups is 1. The number of hydrogen-bond acceptors (Lipinski definition) is 6. The lowest BCUT2D eigenvalue weighted by molar-refractivity contribution is -0.120. The molecule has 200 valence electrons. The molecular weight excluding hydrogens is 478 g/mol. The first-order valence-corrected chi connectivity index (χ1v) is 13.4. The van der Waals surface area contributed by atoms with Crippen LogP contribution in [0.3, 0.4) is 0 Å². The molecule has 1 unspecified atom stereocenters. The Kier molecular flexibility index (Phi) is 9.63. The van der Waals surface area contributed by atoms with Crippen LogP contribution in [0.25, 0.3) is 0 Å². The second-order valence-electron chi connectivity index (χ2n) is 10.4. The molecule has 2 saturated carbocycles. The van der Waals surface area contributed by atoms with E-state index in [1.807, 2.05) is 42.5 Å². The van der Waals surface area contributed by atoms with Gasteiger partial charge in [0, 0.05) is 22.8 Å². The molecule has 1 aromatic heterocycles. The third kappa shape index (κ3) is 7.50. The molecule has 1 amide bonds. The van der Waals surface area contributed by atoms with Crippen LogP contribution in [0.1, 0.15) is 63.9 Å². The minimum absolute atomic E-state index is 0.0703. The summed E-state index contributed by atoms with van der Waals surface area (Å²) in [5.41, 5.74) is 2.12. The quantitative estimate of drug-likeness (QED) is 0.182. The van der Waals surface area contributed by atoms with Gasteiger partial charge in [-0.15, -0.1) is 5.10 Å². The normalized spacial score (nSPS) is 22.6. The van der Waals surface area contributed by atoms with Gasteiger partial charge < -0.3 is 9.84 Å². The predicted molar refractivity (Wildman–Crippen MR) is 147 cm³/mol.